The number of esters is 2. The van der Waals surface area contributed by atoms with Crippen molar-refractivity contribution in [3.05, 3.63) is 168 Å². The van der Waals surface area contributed by atoms with Crippen LogP contribution in [-0.4, -0.2) is 25.2 Å². The first-order valence-electron chi connectivity index (χ1n) is 17.9. The van der Waals surface area contributed by atoms with Crippen molar-refractivity contribution in [2.75, 3.05) is 23.0 Å². The third-order valence-corrected chi connectivity index (χ3v) is 9.91. The van der Waals surface area contributed by atoms with Crippen LogP contribution in [-0.2, 0) is 31.9 Å². The Balaban J connectivity index is 1.14. The van der Waals surface area contributed by atoms with E-state index in [0.29, 0.717) is 45.9 Å². The second-order valence-corrected chi connectivity index (χ2v) is 13.9. The molecule has 278 valence electrons. The summed E-state index contributed by atoms with van der Waals surface area (Å²) < 4.78 is 23.5. The molecule has 0 amide bonds. The van der Waals surface area contributed by atoms with E-state index in [4.69, 9.17) is 42.1 Å². The van der Waals surface area contributed by atoms with E-state index in [1.54, 1.807) is 0 Å². The van der Waals surface area contributed by atoms with Crippen molar-refractivity contribution in [3.63, 3.8) is 0 Å². The summed E-state index contributed by atoms with van der Waals surface area (Å²) in [5, 5.41) is 1.11. The molecule has 8 nitrogen and oxygen atoms in total. The Hall–Kier alpha value is -6.48. The summed E-state index contributed by atoms with van der Waals surface area (Å²) in [6, 6.07) is 39.6. The number of rotatable bonds is 11. The van der Waals surface area contributed by atoms with Gasteiger partial charge in [0.25, 0.3) is 0 Å². The molecule has 6 aromatic rings. The molecule has 0 aliphatic carbocycles. The van der Waals surface area contributed by atoms with Crippen LogP contribution >= 0.6 is 23.2 Å². The number of fused-ring (bicyclic) bond motifs is 4. The topological polar surface area (TPSA) is 77.5 Å². The lowest BCUT2D eigenvalue weighted by molar-refractivity contribution is -0.138. The van der Waals surface area contributed by atoms with Crippen LogP contribution in [0.15, 0.2) is 147 Å². The highest BCUT2D eigenvalue weighted by Gasteiger charge is 2.29. The lowest BCUT2D eigenvalue weighted by Gasteiger charge is -2.34. The molecule has 0 fully saturated rings. The van der Waals surface area contributed by atoms with Gasteiger partial charge in [0.15, 0.2) is 23.0 Å². The molecule has 56 heavy (non-hydrogen) atoms. The molecule has 2 aliphatic rings. The fourth-order valence-corrected chi connectivity index (χ4v) is 7.17. The molecule has 10 heteroatoms. The largest absolute Gasteiger partial charge is 0.462 e. The predicted molar refractivity (Wildman–Crippen MR) is 221 cm³/mol. The van der Waals surface area contributed by atoms with E-state index in [0.717, 1.165) is 68.5 Å². The highest BCUT2D eigenvalue weighted by Crippen LogP contribution is 2.54. The molecule has 0 saturated heterocycles. The van der Waals surface area contributed by atoms with E-state index in [9.17, 15) is 9.59 Å². The molecule has 0 aromatic heterocycles. The molecule has 0 radical (unpaired) electrons. The first kappa shape index (κ1) is 36.5. The quantitative estimate of drug-likeness (QED) is 0.0948. The maximum atomic E-state index is 11.6. The number of anilines is 6. The van der Waals surface area contributed by atoms with E-state index in [2.05, 4.69) is 47.2 Å². The number of carbonyl (C=O) groups is 2. The average molecular weight is 782 g/mol. The van der Waals surface area contributed by atoms with Crippen LogP contribution in [0, 0.1) is 0 Å². The number of halogens is 2. The minimum absolute atomic E-state index is 0.242. The van der Waals surface area contributed by atoms with E-state index >= 15 is 0 Å². The number of hydrogen-bond donors (Lipinski definition) is 0. The summed E-state index contributed by atoms with van der Waals surface area (Å²) in [4.78, 5) is 27.5. The van der Waals surface area contributed by atoms with E-state index < -0.39 is 11.9 Å². The zero-order valence-corrected chi connectivity index (χ0v) is 31.6. The third kappa shape index (κ3) is 7.45. The van der Waals surface area contributed by atoms with Gasteiger partial charge in [0, 0.05) is 58.5 Å². The number of carbonyl (C=O) groups excluding carboxylic acids is 2. The van der Waals surface area contributed by atoms with Gasteiger partial charge in [-0.1, -0.05) is 72.8 Å². The first-order valence-corrected chi connectivity index (χ1v) is 18.6. The first-order chi connectivity index (χ1) is 27.3. The minimum atomic E-state index is -0.450. The lowest BCUT2D eigenvalue weighted by Crippen LogP contribution is -2.16. The Morgan fingerprint density at radius 3 is 1.34 bits per heavy atom. The Morgan fingerprint density at radius 2 is 0.929 bits per heavy atom. The maximum Gasteiger partial charge on any atom is 0.330 e. The smallest absolute Gasteiger partial charge is 0.330 e. The molecule has 2 aliphatic heterocycles. The van der Waals surface area contributed by atoms with Crippen molar-refractivity contribution in [1.82, 2.24) is 0 Å². The lowest BCUT2D eigenvalue weighted by atomic mass is 10.0. The Labute approximate surface area is 334 Å². The molecular formula is C46H34Cl2N2O6. The summed E-state index contributed by atoms with van der Waals surface area (Å²) >= 11 is 12.9. The van der Waals surface area contributed by atoms with Gasteiger partial charge in [-0.15, -0.1) is 0 Å². The van der Waals surface area contributed by atoms with Crippen LogP contribution in [0.5, 0.6) is 23.0 Å². The van der Waals surface area contributed by atoms with Gasteiger partial charge in [-0.2, -0.15) is 0 Å². The fourth-order valence-electron chi connectivity index (χ4n) is 6.84. The fraction of sp³-hybridized carbons (Fsp3) is 0.0870. The molecular weight excluding hydrogens is 747 g/mol. The van der Waals surface area contributed by atoms with Crippen LogP contribution in [0.1, 0.15) is 11.1 Å². The Kier molecular flexibility index (Phi) is 10.2. The average Bonchev–Trinajstić information content (AvgIpc) is 3.21. The van der Waals surface area contributed by atoms with Gasteiger partial charge < -0.3 is 28.7 Å². The van der Waals surface area contributed by atoms with Gasteiger partial charge in [0.2, 0.25) is 0 Å². The summed E-state index contributed by atoms with van der Waals surface area (Å²) in [5.74, 6) is 1.63. The molecule has 0 N–H and O–H groups in total. The van der Waals surface area contributed by atoms with Crippen LogP contribution in [0.3, 0.4) is 0 Å². The minimum Gasteiger partial charge on any atom is -0.462 e. The van der Waals surface area contributed by atoms with E-state index in [1.165, 1.54) is 0 Å². The van der Waals surface area contributed by atoms with E-state index in [-0.39, 0.29) is 13.2 Å². The molecule has 0 spiro atoms. The van der Waals surface area contributed by atoms with Gasteiger partial charge in [-0.05, 0) is 95.1 Å². The number of ether oxygens (including phenoxy) is 4. The van der Waals surface area contributed by atoms with Crippen molar-refractivity contribution in [3.8, 4) is 34.1 Å². The molecule has 0 saturated carbocycles. The Bertz CT molecular complexity index is 2360. The molecule has 0 atom stereocenters. The zero-order chi connectivity index (χ0) is 38.8. The second-order valence-electron chi connectivity index (χ2n) is 13.0. The van der Waals surface area contributed by atoms with Crippen molar-refractivity contribution in [2.24, 2.45) is 0 Å². The number of benzene rings is 6. The van der Waals surface area contributed by atoms with Crippen molar-refractivity contribution >= 4 is 69.3 Å². The van der Waals surface area contributed by atoms with E-state index in [1.807, 2.05) is 97.1 Å². The zero-order valence-electron chi connectivity index (χ0n) is 30.0. The van der Waals surface area contributed by atoms with Crippen molar-refractivity contribution < 1.29 is 28.5 Å². The highest BCUT2D eigenvalue weighted by molar-refractivity contribution is 6.31. The third-order valence-electron chi connectivity index (χ3n) is 9.44. The van der Waals surface area contributed by atoms with Gasteiger partial charge in [-0.25, -0.2) is 9.59 Å². The van der Waals surface area contributed by atoms with Gasteiger partial charge >= 0.3 is 11.9 Å². The summed E-state index contributed by atoms with van der Waals surface area (Å²) in [6.45, 7) is 7.42. The summed E-state index contributed by atoms with van der Waals surface area (Å²) in [5.41, 5.74) is 9.05. The van der Waals surface area contributed by atoms with Crippen LogP contribution in [0.2, 0.25) is 10.0 Å². The normalized spacial score (nSPS) is 12.2. The van der Waals surface area contributed by atoms with Crippen LogP contribution < -0.4 is 19.3 Å². The molecule has 0 bridgehead atoms. The molecule has 0 unspecified atom stereocenters. The predicted octanol–water partition coefficient (Wildman–Crippen LogP) is 12.4. The monoisotopic (exact) mass is 780 g/mol. The van der Waals surface area contributed by atoms with Crippen LogP contribution in [0.4, 0.5) is 34.1 Å². The second kappa shape index (κ2) is 15.7. The van der Waals surface area contributed by atoms with Crippen molar-refractivity contribution in [1.29, 1.82) is 0 Å². The maximum absolute atomic E-state index is 11.6. The van der Waals surface area contributed by atoms with Gasteiger partial charge in [-0.3, -0.25) is 0 Å². The van der Waals surface area contributed by atoms with Crippen LogP contribution in [0.25, 0.3) is 11.1 Å². The Morgan fingerprint density at radius 1 is 0.536 bits per heavy atom. The number of hydrogen-bond acceptors (Lipinski definition) is 8. The number of nitrogens with zero attached hydrogens (tertiary/aromatic N) is 2. The van der Waals surface area contributed by atoms with Gasteiger partial charge in [0.05, 0.1) is 36.0 Å². The summed E-state index contributed by atoms with van der Waals surface area (Å²) in [6.07, 6.45) is 3.41. The highest BCUT2D eigenvalue weighted by atomic mass is 35.5. The molecule has 6 aromatic carbocycles. The van der Waals surface area contributed by atoms with Gasteiger partial charge in [0.1, 0.15) is 0 Å². The molecule has 8 rings (SSSR count). The van der Waals surface area contributed by atoms with Crippen molar-refractivity contribution in [2.45, 2.75) is 12.8 Å². The summed E-state index contributed by atoms with van der Waals surface area (Å²) in [7, 11) is 0. The standard InChI is InChI=1S/C46H34Cl2N2O6/c1-3-45(51)53-21-19-29-7-5-9-35(23-29)49-37-15-11-31(25-41(37)55-43-27-33(47)13-17-39(43)49)32-12-16-38-42(26-32)56-44-28-34(48)14-18-40(44)50(38)36-10-6-8-30(24-36)20-22-54-46(52)4-2/h3-18,23-28H,1-2,19-22H2. The SMILES string of the molecule is C=CC(=O)OCCc1cccc(N2c3ccc(Cl)cc3Oc3cc(-c4ccc5c(c4)Oc4cc(Cl)ccc4N5c4cccc(CCOC(=O)C=C)c4)ccc32)c1. The molecule has 2 heterocycles.